The second-order valence-corrected chi connectivity index (χ2v) is 7.21. The van der Waals surface area contributed by atoms with E-state index in [0.717, 1.165) is 0 Å². The fourth-order valence-electron chi connectivity index (χ4n) is 2.42. The number of carbonyl (C=O) groups excluding carboxylic acids is 1. The first-order valence-corrected chi connectivity index (χ1v) is 7.46. The summed E-state index contributed by atoms with van der Waals surface area (Å²) in [4.78, 5) is 13.8. The van der Waals surface area contributed by atoms with Crippen LogP contribution >= 0.6 is 0 Å². The summed E-state index contributed by atoms with van der Waals surface area (Å²) in [5, 5.41) is 0. The molecule has 0 aromatic rings. The SMILES string of the molecule is CC1CN(C(=O)C2CCS(=O)(=O)C2)CC1N. The number of hydrogen-bond acceptors (Lipinski definition) is 4. The van der Waals surface area contributed by atoms with Crippen LogP contribution in [0.15, 0.2) is 0 Å². The predicted molar refractivity (Wildman–Crippen MR) is 60.5 cm³/mol. The van der Waals surface area contributed by atoms with Crippen molar-refractivity contribution >= 4 is 15.7 Å². The number of carbonyl (C=O) groups is 1. The highest BCUT2D eigenvalue weighted by Gasteiger charge is 2.38. The van der Waals surface area contributed by atoms with Gasteiger partial charge in [-0.1, -0.05) is 6.92 Å². The second-order valence-electron chi connectivity index (χ2n) is 4.98. The van der Waals surface area contributed by atoms with Crippen molar-refractivity contribution in [3.05, 3.63) is 0 Å². The Bertz CT molecular complexity index is 383. The van der Waals surface area contributed by atoms with E-state index < -0.39 is 9.84 Å². The molecule has 2 aliphatic rings. The van der Waals surface area contributed by atoms with Gasteiger partial charge in [0.1, 0.15) is 0 Å². The number of nitrogens with zero attached hydrogens (tertiary/aromatic N) is 1. The Hall–Kier alpha value is -0.620. The summed E-state index contributed by atoms with van der Waals surface area (Å²) in [7, 11) is -2.98. The molecule has 5 nitrogen and oxygen atoms in total. The summed E-state index contributed by atoms with van der Waals surface area (Å²) in [6.07, 6.45) is 0.473. The normalized spacial score (nSPS) is 37.9. The molecule has 2 heterocycles. The predicted octanol–water partition coefficient (Wildman–Crippen LogP) is -0.773. The number of sulfone groups is 1. The molecule has 16 heavy (non-hydrogen) atoms. The van der Waals surface area contributed by atoms with Crippen LogP contribution in [0.4, 0.5) is 0 Å². The van der Waals surface area contributed by atoms with E-state index in [1.165, 1.54) is 0 Å². The van der Waals surface area contributed by atoms with Crippen LogP contribution in [0.5, 0.6) is 0 Å². The van der Waals surface area contributed by atoms with Crippen molar-refractivity contribution in [3.63, 3.8) is 0 Å². The quantitative estimate of drug-likeness (QED) is 0.658. The van der Waals surface area contributed by atoms with Crippen LogP contribution in [0.3, 0.4) is 0 Å². The minimum absolute atomic E-state index is 0.0198. The lowest BCUT2D eigenvalue weighted by atomic mass is 10.1. The zero-order valence-corrected chi connectivity index (χ0v) is 10.2. The molecule has 3 atom stereocenters. The van der Waals surface area contributed by atoms with Gasteiger partial charge >= 0.3 is 0 Å². The third-order valence-corrected chi connectivity index (χ3v) is 5.33. The van der Waals surface area contributed by atoms with Crippen LogP contribution in [0, 0.1) is 11.8 Å². The Morgan fingerprint density at radius 1 is 1.38 bits per heavy atom. The zero-order valence-electron chi connectivity index (χ0n) is 9.43. The number of likely N-dealkylation sites (tertiary alicyclic amines) is 1. The number of hydrogen-bond donors (Lipinski definition) is 1. The van der Waals surface area contributed by atoms with Crippen molar-refractivity contribution in [2.75, 3.05) is 24.6 Å². The van der Waals surface area contributed by atoms with Crippen LogP contribution in [-0.4, -0.2) is 49.9 Å². The first kappa shape index (κ1) is 11.9. The van der Waals surface area contributed by atoms with Gasteiger partial charge in [0.05, 0.1) is 17.4 Å². The highest BCUT2D eigenvalue weighted by Crippen LogP contribution is 2.24. The van der Waals surface area contributed by atoms with Crippen molar-refractivity contribution in [1.29, 1.82) is 0 Å². The molecule has 0 bridgehead atoms. The van der Waals surface area contributed by atoms with Crippen LogP contribution in [0.1, 0.15) is 13.3 Å². The summed E-state index contributed by atoms with van der Waals surface area (Å²) in [6.45, 7) is 3.25. The van der Waals surface area contributed by atoms with Gasteiger partial charge < -0.3 is 10.6 Å². The van der Waals surface area contributed by atoms with E-state index in [1.807, 2.05) is 6.92 Å². The summed E-state index contributed by atoms with van der Waals surface area (Å²) < 4.78 is 22.6. The Balaban J connectivity index is 1.99. The molecule has 6 heteroatoms. The third-order valence-electron chi connectivity index (χ3n) is 3.56. The number of amides is 1. The van der Waals surface area contributed by atoms with E-state index in [-0.39, 0.29) is 29.4 Å². The van der Waals surface area contributed by atoms with Crippen molar-refractivity contribution in [1.82, 2.24) is 4.90 Å². The van der Waals surface area contributed by atoms with Crippen LogP contribution < -0.4 is 5.73 Å². The van der Waals surface area contributed by atoms with Crippen molar-refractivity contribution < 1.29 is 13.2 Å². The zero-order chi connectivity index (χ0) is 11.9. The average Bonchev–Trinajstić information content (AvgIpc) is 2.70. The van der Waals surface area contributed by atoms with Crippen molar-refractivity contribution in [2.24, 2.45) is 17.6 Å². The Morgan fingerprint density at radius 3 is 2.50 bits per heavy atom. The smallest absolute Gasteiger partial charge is 0.226 e. The number of nitrogens with two attached hydrogens (primary N) is 1. The van der Waals surface area contributed by atoms with Gasteiger partial charge in [-0.15, -0.1) is 0 Å². The molecule has 2 saturated heterocycles. The van der Waals surface area contributed by atoms with Crippen LogP contribution in [-0.2, 0) is 14.6 Å². The minimum atomic E-state index is -2.98. The largest absolute Gasteiger partial charge is 0.341 e. The van der Waals surface area contributed by atoms with Crippen molar-refractivity contribution in [2.45, 2.75) is 19.4 Å². The molecule has 0 saturated carbocycles. The lowest BCUT2D eigenvalue weighted by Crippen LogP contribution is -2.36. The maximum Gasteiger partial charge on any atom is 0.226 e. The van der Waals surface area contributed by atoms with Gasteiger partial charge in [-0.3, -0.25) is 4.79 Å². The molecule has 2 fully saturated rings. The maximum absolute atomic E-state index is 12.0. The third kappa shape index (κ3) is 2.22. The molecule has 2 aliphatic heterocycles. The Labute approximate surface area is 95.9 Å². The first-order chi connectivity index (χ1) is 7.39. The van der Waals surface area contributed by atoms with Gasteiger partial charge in [-0.2, -0.15) is 0 Å². The molecule has 2 rings (SSSR count). The minimum Gasteiger partial charge on any atom is -0.341 e. The van der Waals surface area contributed by atoms with E-state index in [1.54, 1.807) is 4.90 Å². The molecular formula is C10H18N2O3S. The van der Waals surface area contributed by atoms with Crippen molar-refractivity contribution in [3.8, 4) is 0 Å². The second kappa shape index (κ2) is 4.00. The molecule has 3 unspecified atom stereocenters. The Kier molecular flexibility index (Phi) is 2.96. The van der Waals surface area contributed by atoms with E-state index in [0.29, 0.717) is 25.4 Å². The summed E-state index contributed by atoms with van der Waals surface area (Å²) in [5.41, 5.74) is 5.85. The molecule has 0 aliphatic carbocycles. The molecule has 2 N–H and O–H groups in total. The number of rotatable bonds is 1. The maximum atomic E-state index is 12.0. The molecule has 1 amide bonds. The lowest BCUT2D eigenvalue weighted by molar-refractivity contribution is -0.133. The van der Waals surface area contributed by atoms with Gasteiger partial charge in [0.15, 0.2) is 9.84 Å². The topological polar surface area (TPSA) is 80.5 Å². The van der Waals surface area contributed by atoms with Gasteiger partial charge in [0.25, 0.3) is 0 Å². The standard InChI is InChI=1S/C10H18N2O3S/c1-7-4-12(5-9(7)11)10(13)8-2-3-16(14,15)6-8/h7-9H,2-6,11H2,1H3. The van der Waals surface area contributed by atoms with E-state index in [2.05, 4.69) is 0 Å². The molecule has 0 radical (unpaired) electrons. The Morgan fingerprint density at radius 2 is 2.06 bits per heavy atom. The van der Waals surface area contributed by atoms with Gasteiger partial charge in [-0.05, 0) is 12.3 Å². The van der Waals surface area contributed by atoms with E-state index in [4.69, 9.17) is 5.73 Å². The van der Waals surface area contributed by atoms with Gasteiger partial charge in [-0.25, -0.2) is 8.42 Å². The van der Waals surface area contributed by atoms with E-state index in [9.17, 15) is 13.2 Å². The summed E-state index contributed by atoms with van der Waals surface area (Å²) in [5.74, 6) is 0.121. The van der Waals surface area contributed by atoms with Crippen LogP contribution in [0.2, 0.25) is 0 Å². The summed E-state index contributed by atoms with van der Waals surface area (Å²) >= 11 is 0. The molecule has 92 valence electrons. The fraction of sp³-hybridized carbons (Fsp3) is 0.900. The lowest BCUT2D eigenvalue weighted by Gasteiger charge is -2.19. The fourth-order valence-corrected chi connectivity index (χ4v) is 4.15. The van der Waals surface area contributed by atoms with Gasteiger partial charge in [0, 0.05) is 19.1 Å². The van der Waals surface area contributed by atoms with E-state index >= 15 is 0 Å². The average molecular weight is 246 g/mol. The molecular weight excluding hydrogens is 228 g/mol. The molecule has 0 aromatic heterocycles. The molecule has 0 aromatic carbocycles. The van der Waals surface area contributed by atoms with Crippen LogP contribution in [0.25, 0.3) is 0 Å². The highest BCUT2D eigenvalue weighted by molar-refractivity contribution is 7.91. The monoisotopic (exact) mass is 246 g/mol. The molecule has 0 spiro atoms. The highest BCUT2D eigenvalue weighted by atomic mass is 32.2. The first-order valence-electron chi connectivity index (χ1n) is 5.64. The van der Waals surface area contributed by atoms with Gasteiger partial charge in [0.2, 0.25) is 5.91 Å². The summed E-state index contributed by atoms with van der Waals surface area (Å²) in [6, 6.07) is 0.0296.